The normalized spacial score (nSPS) is 16.1. The maximum absolute atomic E-state index is 2.86. The average molecular weight is 729 g/mol. The monoisotopic (exact) mass is 726 g/mol. The molecule has 0 aromatic heterocycles. The van der Waals surface area contributed by atoms with Gasteiger partial charge in [-0.25, -0.2) is 0 Å². The Balaban J connectivity index is 0.00000240. The molecular formula is C43H50Cl2Zr. The number of benzene rings is 4. The molecule has 3 heteroatoms. The van der Waals surface area contributed by atoms with E-state index in [0.29, 0.717) is 9.54 Å². The molecule has 0 bridgehead atoms. The predicted molar refractivity (Wildman–Crippen MR) is 202 cm³/mol. The fourth-order valence-corrected chi connectivity index (χ4v) is 17.7. The van der Waals surface area contributed by atoms with Crippen molar-refractivity contribution in [2.45, 2.75) is 83.7 Å². The van der Waals surface area contributed by atoms with Crippen LogP contribution < -0.4 is 0 Å². The predicted octanol–water partition coefficient (Wildman–Crippen LogP) is 12.3. The molecule has 0 fully saturated rings. The summed E-state index contributed by atoms with van der Waals surface area (Å²) in [6.45, 7) is 23.8. The van der Waals surface area contributed by atoms with Gasteiger partial charge in [-0.15, -0.1) is 24.8 Å². The van der Waals surface area contributed by atoms with Crippen LogP contribution >= 0.6 is 24.8 Å². The number of fused-ring (bicyclic) bond motifs is 3. The summed E-state index contributed by atoms with van der Waals surface area (Å²) in [7, 11) is 0. The Labute approximate surface area is 298 Å². The first-order valence-electron chi connectivity index (χ1n) is 16.3. The first-order chi connectivity index (χ1) is 20.8. The molecule has 1 atom stereocenters. The van der Waals surface area contributed by atoms with Crippen molar-refractivity contribution in [1.29, 1.82) is 0 Å². The minimum atomic E-state index is -2.86. The van der Waals surface area contributed by atoms with Gasteiger partial charge in [0.15, 0.2) is 0 Å². The van der Waals surface area contributed by atoms with Gasteiger partial charge in [0.1, 0.15) is 0 Å². The van der Waals surface area contributed by atoms with Gasteiger partial charge in [-0.2, -0.15) is 0 Å². The molecule has 0 saturated heterocycles. The Bertz CT molecular complexity index is 1740. The SMILES string of the molecule is CC1=C(C)C(C)[C]([Zr](=[C](c2ccccc2)c2ccccc2)[CH]2c3cc(C(C)(C)C)ccc3-c3ccc(C(C)(C)C)cc32)=C1C.Cl.Cl. The summed E-state index contributed by atoms with van der Waals surface area (Å²) < 4.78 is 3.80. The minimum Gasteiger partial charge on any atom is -0.147 e. The molecule has 0 N–H and O–H groups in total. The molecule has 0 heterocycles. The second kappa shape index (κ2) is 13.7. The van der Waals surface area contributed by atoms with E-state index < -0.39 is 21.3 Å². The number of halogens is 2. The van der Waals surface area contributed by atoms with Gasteiger partial charge in [0, 0.05) is 0 Å². The smallest absolute Gasteiger partial charge is 0.147 e. The van der Waals surface area contributed by atoms with E-state index in [1.807, 2.05) is 0 Å². The van der Waals surface area contributed by atoms with Gasteiger partial charge in [-0.3, -0.25) is 0 Å². The largest absolute Gasteiger partial charge is 0.147 e. The van der Waals surface area contributed by atoms with Crippen molar-refractivity contribution in [3.05, 3.63) is 150 Å². The third-order valence-corrected chi connectivity index (χ3v) is 19.5. The van der Waals surface area contributed by atoms with Gasteiger partial charge in [0.25, 0.3) is 0 Å². The minimum absolute atomic E-state index is 0. The van der Waals surface area contributed by atoms with Crippen LogP contribution in [0.25, 0.3) is 11.1 Å². The van der Waals surface area contributed by atoms with E-state index in [4.69, 9.17) is 0 Å². The summed E-state index contributed by atoms with van der Waals surface area (Å²) in [5.74, 6) is 0.468. The molecule has 1 unspecified atom stereocenters. The van der Waals surface area contributed by atoms with Crippen LogP contribution in [-0.2, 0) is 32.1 Å². The topological polar surface area (TPSA) is 0 Å². The third kappa shape index (κ3) is 6.42. The van der Waals surface area contributed by atoms with Gasteiger partial charge in [-0.05, 0) is 0 Å². The van der Waals surface area contributed by atoms with E-state index in [9.17, 15) is 0 Å². The van der Waals surface area contributed by atoms with Crippen molar-refractivity contribution >= 4 is 28.0 Å². The van der Waals surface area contributed by atoms with E-state index in [2.05, 4.69) is 166 Å². The van der Waals surface area contributed by atoms with E-state index in [1.54, 1.807) is 28.8 Å². The van der Waals surface area contributed by atoms with E-state index in [1.165, 1.54) is 39.0 Å². The zero-order valence-corrected chi connectivity index (χ0v) is 33.3. The maximum Gasteiger partial charge on any atom is -0.147 e. The summed E-state index contributed by atoms with van der Waals surface area (Å²) in [6, 6.07) is 37.7. The Morgan fingerprint density at radius 1 is 0.565 bits per heavy atom. The van der Waals surface area contributed by atoms with Crippen LogP contribution in [0.5, 0.6) is 0 Å². The zero-order valence-electron chi connectivity index (χ0n) is 29.2. The van der Waals surface area contributed by atoms with E-state index in [0.717, 1.165) is 0 Å². The fraction of sp³-hybridized carbons (Fsp3) is 0.326. The quantitative estimate of drug-likeness (QED) is 0.196. The van der Waals surface area contributed by atoms with Crippen molar-refractivity contribution in [3.8, 4) is 11.1 Å². The van der Waals surface area contributed by atoms with E-state index in [-0.39, 0.29) is 35.6 Å². The molecule has 0 spiro atoms. The molecule has 0 saturated carbocycles. The molecule has 4 aromatic carbocycles. The third-order valence-electron chi connectivity index (χ3n) is 10.4. The molecule has 6 rings (SSSR count). The van der Waals surface area contributed by atoms with Gasteiger partial charge in [-0.1, -0.05) is 0 Å². The summed E-state index contributed by atoms with van der Waals surface area (Å²) in [5.41, 5.74) is 16.5. The van der Waals surface area contributed by atoms with Crippen molar-refractivity contribution < 1.29 is 21.3 Å². The second-order valence-corrected chi connectivity index (χ2v) is 21.1. The molecule has 0 nitrogen and oxygen atoms in total. The number of allylic oxidation sites excluding steroid dienone is 4. The Hall–Kier alpha value is -2.31. The Morgan fingerprint density at radius 3 is 1.33 bits per heavy atom. The van der Waals surface area contributed by atoms with Crippen LogP contribution in [0.1, 0.15) is 106 Å². The van der Waals surface area contributed by atoms with Crippen molar-refractivity contribution in [2.75, 3.05) is 0 Å². The van der Waals surface area contributed by atoms with E-state index >= 15 is 0 Å². The molecule has 4 aromatic rings. The van der Waals surface area contributed by atoms with Gasteiger partial charge < -0.3 is 0 Å². The van der Waals surface area contributed by atoms with Crippen molar-refractivity contribution in [2.24, 2.45) is 5.92 Å². The molecule has 0 aliphatic heterocycles. The summed E-state index contributed by atoms with van der Waals surface area (Å²) in [6.07, 6.45) is 0. The first kappa shape index (κ1) is 36.5. The van der Waals surface area contributed by atoms with Crippen LogP contribution in [0, 0.1) is 5.92 Å². The van der Waals surface area contributed by atoms with Crippen LogP contribution in [0.15, 0.2) is 117 Å². The molecule has 2 aliphatic carbocycles. The summed E-state index contributed by atoms with van der Waals surface area (Å²) in [4.78, 5) is 0. The number of hydrogen-bond acceptors (Lipinski definition) is 0. The standard InChI is InChI=1S/C21H25.C13H10.C9H13.2ClH.Zr/c1-20(2,3)16-7-9-18-14(12-16)11-15-13-17(21(4,5)6)8-10-19(15)18;1-3-7-12(8-4-1)11-13-9-5-2-6-10-13;1-6-5-7(2)9(4)8(6)3;;;/h7-13H,1-6H3;1-10H;6H,1-4H3;2*1H;. The Kier molecular flexibility index (Phi) is 10.9. The molecule has 0 radical (unpaired) electrons. The summed E-state index contributed by atoms with van der Waals surface area (Å²) in [5, 5.41) is 0. The average Bonchev–Trinajstić information content (AvgIpc) is 3.41. The molecule has 2 aliphatic rings. The zero-order chi connectivity index (χ0) is 31.6. The number of hydrogen-bond donors (Lipinski definition) is 0. The first-order valence-corrected chi connectivity index (χ1v) is 20.2. The molecule has 0 amide bonds. The maximum atomic E-state index is 2.60. The van der Waals surface area contributed by atoms with Crippen LogP contribution in [0.4, 0.5) is 0 Å². The van der Waals surface area contributed by atoms with Crippen molar-refractivity contribution in [1.82, 2.24) is 0 Å². The van der Waals surface area contributed by atoms with Crippen LogP contribution in [0.3, 0.4) is 0 Å². The van der Waals surface area contributed by atoms with Crippen LogP contribution in [-0.4, -0.2) is 3.21 Å². The van der Waals surface area contributed by atoms with Crippen molar-refractivity contribution in [3.63, 3.8) is 0 Å². The molecule has 240 valence electrons. The van der Waals surface area contributed by atoms with Gasteiger partial charge in [0.2, 0.25) is 0 Å². The van der Waals surface area contributed by atoms with Gasteiger partial charge >= 0.3 is 276 Å². The second-order valence-electron chi connectivity index (χ2n) is 15.1. The number of rotatable bonds is 4. The fourth-order valence-electron chi connectivity index (χ4n) is 7.43. The molecular weight excluding hydrogens is 679 g/mol. The summed E-state index contributed by atoms with van der Waals surface area (Å²) >= 11 is -2.86. The van der Waals surface area contributed by atoms with Crippen LogP contribution in [0.2, 0.25) is 0 Å². The Morgan fingerprint density at radius 2 is 0.978 bits per heavy atom. The van der Waals surface area contributed by atoms with Gasteiger partial charge in [0.05, 0.1) is 0 Å². The molecule has 46 heavy (non-hydrogen) atoms.